The zero-order valence-corrected chi connectivity index (χ0v) is 18.9. The normalized spacial score (nSPS) is 26.3. The highest BCUT2D eigenvalue weighted by Gasteiger charge is 2.55. The van der Waals surface area contributed by atoms with Crippen molar-refractivity contribution in [3.8, 4) is 5.75 Å². The Balaban J connectivity index is 1.50. The van der Waals surface area contributed by atoms with E-state index < -0.39 is 0 Å². The van der Waals surface area contributed by atoms with E-state index in [0.29, 0.717) is 6.54 Å². The number of hydrogen-bond donors (Lipinski definition) is 1. The maximum Gasteiger partial charge on any atom is 0.327 e. The average molecular weight is 430 g/mol. The molecule has 0 spiro atoms. The largest absolute Gasteiger partial charge is 0.497 e. The van der Waals surface area contributed by atoms with E-state index in [-0.39, 0.29) is 30.4 Å². The van der Waals surface area contributed by atoms with E-state index in [0.717, 1.165) is 50.2 Å². The number of carbonyl (C=O) groups excluding carboxylic acids is 2. The van der Waals surface area contributed by atoms with Crippen LogP contribution in [0.25, 0.3) is 0 Å². The first-order valence-electron chi connectivity index (χ1n) is 11.6. The molecule has 8 nitrogen and oxygen atoms in total. The predicted octanol–water partition coefficient (Wildman–Crippen LogP) is 2.65. The molecule has 3 heterocycles. The third-order valence-electron chi connectivity index (χ3n) is 6.76. The number of unbranched alkanes of at least 4 members (excludes halogenated alkanes) is 4. The molecular weight excluding hydrogens is 394 g/mol. The number of hydrogen-bond acceptors (Lipinski definition) is 6. The van der Waals surface area contributed by atoms with Crippen molar-refractivity contribution < 1.29 is 14.3 Å². The number of urea groups is 1. The minimum Gasteiger partial charge on any atom is -0.497 e. The van der Waals surface area contributed by atoms with Crippen LogP contribution >= 0.6 is 0 Å². The molecule has 0 radical (unpaired) electrons. The van der Waals surface area contributed by atoms with Crippen LogP contribution < -0.4 is 15.0 Å². The van der Waals surface area contributed by atoms with E-state index in [9.17, 15) is 9.59 Å². The van der Waals surface area contributed by atoms with Crippen LogP contribution in [0.4, 0.5) is 10.5 Å². The number of benzene rings is 1. The van der Waals surface area contributed by atoms with Crippen molar-refractivity contribution >= 4 is 17.6 Å². The summed E-state index contributed by atoms with van der Waals surface area (Å²) in [5.74, 6) is 0.760. The van der Waals surface area contributed by atoms with Crippen LogP contribution in [0.2, 0.25) is 0 Å². The van der Waals surface area contributed by atoms with Gasteiger partial charge in [0.05, 0.1) is 7.11 Å². The number of anilines is 1. The molecule has 8 heteroatoms. The first kappa shape index (κ1) is 21.9. The molecule has 0 aromatic heterocycles. The van der Waals surface area contributed by atoms with Crippen molar-refractivity contribution in [2.24, 2.45) is 0 Å². The molecule has 1 N–H and O–H groups in total. The van der Waals surface area contributed by atoms with Gasteiger partial charge in [0, 0.05) is 32.4 Å². The fourth-order valence-electron chi connectivity index (χ4n) is 5.04. The smallest absolute Gasteiger partial charge is 0.327 e. The van der Waals surface area contributed by atoms with Gasteiger partial charge in [-0.2, -0.15) is 0 Å². The highest BCUT2D eigenvalue weighted by molar-refractivity contribution is 6.00. The quantitative estimate of drug-likeness (QED) is 0.641. The van der Waals surface area contributed by atoms with Crippen molar-refractivity contribution in [1.82, 2.24) is 20.0 Å². The molecule has 1 aromatic carbocycles. The molecule has 31 heavy (non-hydrogen) atoms. The van der Waals surface area contributed by atoms with Crippen molar-refractivity contribution in [2.45, 2.75) is 63.9 Å². The number of nitrogens with zero attached hydrogens (tertiary/aromatic N) is 4. The summed E-state index contributed by atoms with van der Waals surface area (Å²) in [4.78, 5) is 34.1. The Labute approximate surface area is 185 Å². The van der Waals surface area contributed by atoms with E-state index in [2.05, 4.69) is 22.0 Å². The molecule has 4 rings (SSSR count). The van der Waals surface area contributed by atoms with Gasteiger partial charge in [0.15, 0.2) is 0 Å². The summed E-state index contributed by atoms with van der Waals surface area (Å²) in [5.41, 5.74) is 1.08. The Hall–Kier alpha value is -2.32. The molecular formula is C23H35N5O3. The minimum absolute atomic E-state index is 0.0600. The fourth-order valence-corrected chi connectivity index (χ4v) is 5.04. The molecule has 3 atom stereocenters. The highest BCUT2D eigenvalue weighted by Crippen LogP contribution is 2.33. The Bertz CT molecular complexity index is 786. The molecule has 3 fully saturated rings. The van der Waals surface area contributed by atoms with Crippen molar-refractivity contribution in [1.29, 1.82) is 0 Å². The first-order valence-corrected chi connectivity index (χ1v) is 11.6. The molecule has 3 unspecified atom stereocenters. The molecule has 3 aliphatic heterocycles. The summed E-state index contributed by atoms with van der Waals surface area (Å²) in [6.45, 7) is 4.43. The van der Waals surface area contributed by atoms with Gasteiger partial charge in [0.25, 0.3) is 5.91 Å². The number of methoxy groups -OCH3 is 1. The standard InChI is InChI=1S/C23H35N5O3/c1-4-5-6-7-8-14-28-21(29)19-20(25(2)23(28)30)24-22-26(15-9-16-27(19)22)17-10-12-18(31-3)13-11-17/h10-13,19-20,22,24H,4-9,14-16H2,1-3H3. The summed E-state index contributed by atoms with van der Waals surface area (Å²) in [6.07, 6.45) is 6.02. The fraction of sp³-hybridized carbons (Fsp3) is 0.652. The van der Waals surface area contributed by atoms with Gasteiger partial charge in [0.2, 0.25) is 0 Å². The van der Waals surface area contributed by atoms with Gasteiger partial charge in [-0.3, -0.25) is 19.9 Å². The Kier molecular flexibility index (Phi) is 6.67. The van der Waals surface area contributed by atoms with E-state index in [1.165, 1.54) is 17.7 Å². The third-order valence-corrected chi connectivity index (χ3v) is 6.76. The monoisotopic (exact) mass is 429 g/mol. The number of carbonyl (C=O) groups is 2. The number of imide groups is 1. The Morgan fingerprint density at radius 2 is 1.81 bits per heavy atom. The van der Waals surface area contributed by atoms with E-state index in [1.807, 2.05) is 24.3 Å². The number of rotatable bonds is 8. The molecule has 3 aliphatic rings. The van der Waals surface area contributed by atoms with Gasteiger partial charge < -0.3 is 14.5 Å². The minimum atomic E-state index is -0.343. The number of likely N-dealkylation sites (N-methyl/N-ethyl adjacent to an activating group) is 1. The molecule has 0 bridgehead atoms. The van der Waals surface area contributed by atoms with Crippen LogP contribution in [0, 0.1) is 0 Å². The number of fused-ring (bicyclic) bond motifs is 3. The average Bonchev–Trinajstić information content (AvgIpc) is 3.19. The van der Waals surface area contributed by atoms with Crippen LogP contribution in [0.5, 0.6) is 5.75 Å². The van der Waals surface area contributed by atoms with Crippen molar-refractivity contribution in [3.63, 3.8) is 0 Å². The van der Waals surface area contributed by atoms with E-state index >= 15 is 0 Å². The molecule has 3 saturated heterocycles. The van der Waals surface area contributed by atoms with Gasteiger partial charge in [-0.1, -0.05) is 32.6 Å². The maximum absolute atomic E-state index is 13.4. The third kappa shape index (κ3) is 4.11. The maximum atomic E-state index is 13.4. The SMILES string of the molecule is CCCCCCCN1C(=O)C2C(NC3N(c4ccc(OC)cc4)CCCN23)N(C)C1=O. The number of amides is 3. The lowest BCUT2D eigenvalue weighted by Crippen LogP contribution is -2.66. The number of ether oxygens (including phenoxy) is 1. The van der Waals surface area contributed by atoms with E-state index in [4.69, 9.17) is 4.74 Å². The number of nitrogens with one attached hydrogen (secondary N) is 1. The van der Waals surface area contributed by atoms with Crippen molar-refractivity contribution in [3.05, 3.63) is 24.3 Å². The second-order valence-corrected chi connectivity index (χ2v) is 8.71. The lowest BCUT2D eigenvalue weighted by atomic mass is 10.1. The van der Waals surface area contributed by atoms with Crippen LogP contribution in [-0.4, -0.2) is 78.9 Å². The summed E-state index contributed by atoms with van der Waals surface area (Å²) in [6, 6.07) is 7.47. The van der Waals surface area contributed by atoms with Gasteiger partial charge in [-0.05, 0) is 37.1 Å². The zero-order chi connectivity index (χ0) is 22.0. The Morgan fingerprint density at radius 3 is 2.52 bits per heavy atom. The molecule has 3 amide bonds. The van der Waals surface area contributed by atoms with Gasteiger partial charge in [-0.25, -0.2) is 4.79 Å². The topological polar surface area (TPSA) is 68.4 Å². The second kappa shape index (κ2) is 9.44. The molecule has 0 saturated carbocycles. The summed E-state index contributed by atoms with van der Waals surface area (Å²) >= 11 is 0. The second-order valence-electron chi connectivity index (χ2n) is 8.71. The summed E-state index contributed by atoms with van der Waals surface area (Å²) in [7, 11) is 3.47. The van der Waals surface area contributed by atoms with Crippen molar-refractivity contribution in [2.75, 3.05) is 38.7 Å². The highest BCUT2D eigenvalue weighted by atomic mass is 16.5. The van der Waals surface area contributed by atoms with Crippen LogP contribution in [0.3, 0.4) is 0 Å². The summed E-state index contributed by atoms with van der Waals surface area (Å²) < 4.78 is 5.29. The van der Waals surface area contributed by atoms with Gasteiger partial charge in [-0.15, -0.1) is 0 Å². The van der Waals surface area contributed by atoms with Gasteiger partial charge in [0.1, 0.15) is 24.2 Å². The predicted molar refractivity (Wildman–Crippen MR) is 120 cm³/mol. The Morgan fingerprint density at radius 1 is 1.06 bits per heavy atom. The van der Waals surface area contributed by atoms with Crippen LogP contribution in [0.15, 0.2) is 24.3 Å². The van der Waals surface area contributed by atoms with Crippen LogP contribution in [-0.2, 0) is 4.79 Å². The lowest BCUT2D eigenvalue weighted by Gasteiger charge is -2.44. The molecule has 170 valence electrons. The molecule has 1 aromatic rings. The van der Waals surface area contributed by atoms with Crippen LogP contribution in [0.1, 0.15) is 45.4 Å². The summed E-state index contributed by atoms with van der Waals surface area (Å²) in [5, 5.41) is 3.57. The van der Waals surface area contributed by atoms with Gasteiger partial charge >= 0.3 is 6.03 Å². The molecule has 0 aliphatic carbocycles. The van der Waals surface area contributed by atoms with E-state index in [1.54, 1.807) is 19.1 Å². The zero-order valence-electron chi connectivity index (χ0n) is 18.9. The first-order chi connectivity index (χ1) is 15.1. The lowest BCUT2D eigenvalue weighted by molar-refractivity contribution is -0.138.